The number of fused-ring (bicyclic) bond motifs is 1. The smallest absolute Gasteiger partial charge is 0.328 e. The van der Waals surface area contributed by atoms with Crippen molar-refractivity contribution < 1.29 is 18.7 Å². The van der Waals surface area contributed by atoms with Crippen LogP contribution in [0.5, 0.6) is 0 Å². The van der Waals surface area contributed by atoms with Gasteiger partial charge in [0.15, 0.2) is 0 Å². The lowest BCUT2D eigenvalue weighted by Crippen LogP contribution is -2.45. The van der Waals surface area contributed by atoms with Crippen LogP contribution in [0.1, 0.15) is 44.5 Å². The Balaban J connectivity index is 2.06. The molecule has 1 aromatic heterocycles. The summed E-state index contributed by atoms with van der Waals surface area (Å²) < 4.78 is 19.5. The average molecular weight is 322 g/mol. The molecule has 1 N–H and O–H groups in total. The molecule has 0 aliphatic heterocycles. The van der Waals surface area contributed by atoms with Gasteiger partial charge >= 0.3 is 5.97 Å². The van der Waals surface area contributed by atoms with Crippen LogP contribution in [0.3, 0.4) is 0 Å². The molecule has 0 aromatic carbocycles. The predicted molar refractivity (Wildman–Crippen MR) is 83.3 cm³/mol. The van der Waals surface area contributed by atoms with Crippen LogP contribution < -0.4 is 5.32 Å². The average Bonchev–Trinajstić information content (AvgIpc) is 2.84. The summed E-state index contributed by atoms with van der Waals surface area (Å²) >= 11 is 0. The van der Waals surface area contributed by atoms with E-state index in [0.29, 0.717) is 18.4 Å². The molecule has 3 unspecified atom stereocenters. The number of pyridine rings is 1. The quantitative estimate of drug-likeness (QED) is 0.816. The molecule has 2 rings (SSSR count). The Morgan fingerprint density at radius 2 is 2.22 bits per heavy atom. The first-order valence-electron chi connectivity index (χ1n) is 7.97. The zero-order valence-corrected chi connectivity index (χ0v) is 13.7. The number of amides is 1. The van der Waals surface area contributed by atoms with Crippen LogP contribution in [-0.4, -0.2) is 29.5 Å². The van der Waals surface area contributed by atoms with E-state index in [2.05, 4.69) is 10.3 Å². The zero-order chi connectivity index (χ0) is 17.0. The van der Waals surface area contributed by atoms with Crippen molar-refractivity contribution in [1.29, 1.82) is 0 Å². The van der Waals surface area contributed by atoms with Crippen LogP contribution in [0.4, 0.5) is 4.39 Å². The number of hydrogen-bond acceptors (Lipinski definition) is 4. The molecule has 1 heterocycles. The molecule has 1 aromatic rings. The zero-order valence-electron chi connectivity index (χ0n) is 13.7. The van der Waals surface area contributed by atoms with Crippen molar-refractivity contribution in [2.24, 2.45) is 11.8 Å². The number of rotatable bonds is 6. The molecule has 6 heteroatoms. The van der Waals surface area contributed by atoms with Gasteiger partial charge in [0.05, 0.1) is 12.5 Å². The van der Waals surface area contributed by atoms with E-state index in [0.717, 1.165) is 5.56 Å². The minimum Gasteiger partial charge on any atom is -0.464 e. The molecular weight excluding hydrogens is 299 g/mol. The number of carbonyl (C=O) groups excluding carboxylic acids is 2. The number of nitrogens with zero attached hydrogens (tertiary/aromatic N) is 1. The van der Waals surface area contributed by atoms with Crippen molar-refractivity contribution in [3.8, 4) is 0 Å². The molecule has 0 spiro atoms. The minimum absolute atomic E-state index is 0.204. The third-order valence-corrected chi connectivity index (χ3v) is 3.96. The van der Waals surface area contributed by atoms with Crippen molar-refractivity contribution in [3.05, 3.63) is 29.6 Å². The van der Waals surface area contributed by atoms with Crippen LogP contribution in [0, 0.1) is 11.8 Å². The van der Waals surface area contributed by atoms with Crippen LogP contribution in [0.25, 0.3) is 0 Å². The largest absolute Gasteiger partial charge is 0.464 e. The molecule has 23 heavy (non-hydrogen) atoms. The Bertz CT molecular complexity index is 577. The minimum atomic E-state index is -1.37. The number of halogens is 1. The SMILES string of the molecule is CCOC(=O)C(CC(C)C)NC(=O)C1Cc2cnccc2C1F. The van der Waals surface area contributed by atoms with E-state index in [-0.39, 0.29) is 12.5 Å². The maximum Gasteiger partial charge on any atom is 0.328 e. The molecule has 5 nitrogen and oxygen atoms in total. The van der Waals surface area contributed by atoms with Gasteiger partial charge in [0.2, 0.25) is 5.91 Å². The summed E-state index contributed by atoms with van der Waals surface area (Å²) in [5, 5.41) is 2.67. The highest BCUT2D eigenvalue weighted by atomic mass is 19.1. The number of esters is 1. The summed E-state index contributed by atoms with van der Waals surface area (Å²) in [6.45, 7) is 5.86. The maximum atomic E-state index is 14.5. The first-order chi connectivity index (χ1) is 10.9. The monoisotopic (exact) mass is 322 g/mol. The first kappa shape index (κ1) is 17.4. The molecule has 3 atom stereocenters. The molecule has 1 amide bonds. The van der Waals surface area contributed by atoms with Crippen molar-refractivity contribution in [2.75, 3.05) is 6.61 Å². The normalized spacial score (nSPS) is 20.9. The third-order valence-electron chi connectivity index (χ3n) is 3.96. The van der Waals surface area contributed by atoms with Gasteiger partial charge in [0.25, 0.3) is 0 Å². The number of ether oxygens (including phenoxy) is 1. The third kappa shape index (κ3) is 4.06. The number of alkyl halides is 1. The number of nitrogens with one attached hydrogen (secondary N) is 1. The fraction of sp³-hybridized carbons (Fsp3) is 0.588. The summed E-state index contributed by atoms with van der Waals surface area (Å²) in [6, 6.07) is 0.862. The van der Waals surface area contributed by atoms with Gasteiger partial charge in [-0.3, -0.25) is 9.78 Å². The summed E-state index contributed by atoms with van der Waals surface area (Å²) in [5.41, 5.74) is 1.26. The second kappa shape index (κ2) is 7.53. The van der Waals surface area contributed by atoms with Gasteiger partial charge in [0, 0.05) is 12.4 Å². The molecule has 0 bridgehead atoms. The summed E-state index contributed by atoms with van der Waals surface area (Å²) in [4.78, 5) is 28.4. The van der Waals surface area contributed by atoms with Crippen LogP contribution in [0.15, 0.2) is 18.5 Å². The topological polar surface area (TPSA) is 68.3 Å². The fourth-order valence-corrected chi connectivity index (χ4v) is 2.87. The Morgan fingerprint density at radius 3 is 2.83 bits per heavy atom. The van der Waals surface area contributed by atoms with E-state index in [1.54, 1.807) is 19.2 Å². The van der Waals surface area contributed by atoms with Crippen molar-refractivity contribution in [3.63, 3.8) is 0 Å². The van der Waals surface area contributed by atoms with Crippen molar-refractivity contribution in [2.45, 2.75) is 45.8 Å². The highest BCUT2D eigenvalue weighted by Crippen LogP contribution is 2.38. The lowest BCUT2D eigenvalue weighted by atomic mass is 10.00. The van der Waals surface area contributed by atoms with E-state index < -0.39 is 30.0 Å². The molecule has 0 radical (unpaired) electrons. The Kier molecular flexibility index (Phi) is 5.69. The Hall–Kier alpha value is -1.98. The summed E-state index contributed by atoms with van der Waals surface area (Å²) in [5.74, 6) is -1.54. The molecule has 0 saturated carbocycles. The molecule has 1 aliphatic rings. The number of carbonyl (C=O) groups is 2. The highest BCUT2D eigenvalue weighted by molar-refractivity contribution is 5.86. The van der Waals surface area contributed by atoms with E-state index in [1.807, 2.05) is 13.8 Å². The number of aromatic nitrogens is 1. The van der Waals surface area contributed by atoms with Crippen LogP contribution in [0.2, 0.25) is 0 Å². The van der Waals surface area contributed by atoms with Gasteiger partial charge in [-0.1, -0.05) is 13.8 Å². The Morgan fingerprint density at radius 1 is 1.48 bits per heavy atom. The Labute approximate surface area is 135 Å². The van der Waals surface area contributed by atoms with Gasteiger partial charge in [-0.2, -0.15) is 0 Å². The van der Waals surface area contributed by atoms with Crippen molar-refractivity contribution >= 4 is 11.9 Å². The van der Waals surface area contributed by atoms with Gasteiger partial charge < -0.3 is 10.1 Å². The maximum absolute atomic E-state index is 14.5. The molecule has 0 saturated heterocycles. The van der Waals surface area contributed by atoms with Gasteiger partial charge in [-0.25, -0.2) is 9.18 Å². The lowest BCUT2D eigenvalue weighted by Gasteiger charge is -2.21. The van der Waals surface area contributed by atoms with Crippen LogP contribution >= 0.6 is 0 Å². The van der Waals surface area contributed by atoms with Gasteiger partial charge in [-0.15, -0.1) is 0 Å². The van der Waals surface area contributed by atoms with Gasteiger partial charge in [0.1, 0.15) is 12.2 Å². The van der Waals surface area contributed by atoms with Gasteiger partial charge in [-0.05, 0) is 42.9 Å². The number of hydrogen-bond donors (Lipinski definition) is 1. The van der Waals surface area contributed by atoms with Crippen LogP contribution in [-0.2, 0) is 20.7 Å². The summed E-state index contributed by atoms with van der Waals surface area (Å²) in [6.07, 6.45) is 2.50. The molecule has 1 aliphatic carbocycles. The molecule has 126 valence electrons. The second-order valence-corrected chi connectivity index (χ2v) is 6.23. The first-order valence-corrected chi connectivity index (χ1v) is 7.97. The van der Waals surface area contributed by atoms with E-state index in [4.69, 9.17) is 4.74 Å². The van der Waals surface area contributed by atoms with E-state index in [1.165, 1.54) is 6.20 Å². The fourth-order valence-electron chi connectivity index (χ4n) is 2.87. The predicted octanol–water partition coefficient (Wildman–Crippen LogP) is 2.36. The highest BCUT2D eigenvalue weighted by Gasteiger charge is 2.39. The van der Waals surface area contributed by atoms with E-state index in [9.17, 15) is 14.0 Å². The second-order valence-electron chi connectivity index (χ2n) is 6.23. The van der Waals surface area contributed by atoms with Crippen molar-refractivity contribution in [1.82, 2.24) is 10.3 Å². The molecule has 0 fully saturated rings. The summed E-state index contributed by atoms with van der Waals surface area (Å²) in [7, 11) is 0. The molecular formula is C17H23FN2O3. The lowest BCUT2D eigenvalue weighted by molar-refractivity contribution is -0.148. The van der Waals surface area contributed by atoms with E-state index >= 15 is 0 Å². The standard InChI is InChI=1S/C17H23FN2O3/c1-4-23-17(22)14(7-10(2)3)20-16(21)13-8-11-9-19-6-5-12(11)15(13)18/h5-6,9-10,13-15H,4,7-8H2,1-3H3,(H,20,21).